The molecule has 1 aromatic rings. The van der Waals surface area contributed by atoms with Crippen molar-refractivity contribution in [2.24, 2.45) is 0 Å². The van der Waals surface area contributed by atoms with E-state index >= 15 is 0 Å². The molecule has 7 heteroatoms. The van der Waals surface area contributed by atoms with Crippen molar-refractivity contribution in [2.45, 2.75) is 44.9 Å². The number of anilines is 1. The van der Waals surface area contributed by atoms with E-state index in [2.05, 4.69) is 14.9 Å². The molecule has 1 fully saturated rings. The van der Waals surface area contributed by atoms with Gasteiger partial charge in [-0.1, -0.05) is 11.8 Å². The average molecular weight is 338 g/mol. The largest absolute Gasteiger partial charge is 0.444 e. The molecule has 1 aliphatic heterocycles. The van der Waals surface area contributed by atoms with Gasteiger partial charge in [-0.2, -0.15) is 0 Å². The zero-order valence-electron chi connectivity index (χ0n) is 14.6. The molecule has 0 N–H and O–H groups in total. The van der Waals surface area contributed by atoms with Crippen LogP contribution < -0.4 is 4.90 Å². The predicted octanol–water partition coefficient (Wildman–Crippen LogP) is 2.95. The second-order valence-electron chi connectivity index (χ2n) is 6.66. The van der Waals surface area contributed by atoms with Gasteiger partial charge < -0.3 is 14.5 Å². The molecule has 2 rings (SSSR count). The Labute approximate surface area is 142 Å². The number of aromatic nitrogens is 2. The third-order valence-electron chi connectivity index (χ3n) is 3.47. The Morgan fingerprint density at radius 2 is 1.96 bits per heavy atom. The monoisotopic (exact) mass is 338 g/mol. The molecule has 1 aliphatic rings. The maximum absolute atomic E-state index is 12.2. The molecule has 1 amide bonds. The lowest BCUT2D eigenvalue weighted by Crippen LogP contribution is -2.39. The highest BCUT2D eigenvalue weighted by atomic mass is 32.2. The maximum atomic E-state index is 12.2. The summed E-state index contributed by atoms with van der Waals surface area (Å²) < 4.78 is 5.47. The van der Waals surface area contributed by atoms with Crippen LogP contribution in [0.3, 0.4) is 0 Å². The molecule has 0 aliphatic carbocycles. The Morgan fingerprint density at radius 3 is 2.61 bits per heavy atom. The molecule has 2 heterocycles. The number of ether oxygens (including phenoxy) is 1. The Kier molecular flexibility index (Phi) is 5.73. The fourth-order valence-corrected chi connectivity index (χ4v) is 2.85. The first-order chi connectivity index (χ1) is 10.8. The van der Waals surface area contributed by atoms with Crippen LogP contribution in [-0.2, 0) is 4.74 Å². The smallest absolute Gasteiger partial charge is 0.410 e. The van der Waals surface area contributed by atoms with E-state index in [4.69, 9.17) is 4.74 Å². The summed E-state index contributed by atoms with van der Waals surface area (Å²) in [6.07, 6.45) is 2.64. The molecule has 0 radical (unpaired) electrons. The van der Waals surface area contributed by atoms with Gasteiger partial charge in [0.15, 0.2) is 5.16 Å². The van der Waals surface area contributed by atoms with E-state index < -0.39 is 5.60 Å². The van der Waals surface area contributed by atoms with Crippen LogP contribution in [0.5, 0.6) is 0 Å². The number of hydrogen-bond donors (Lipinski definition) is 0. The van der Waals surface area contributed by atoms with Crippen LogP contribution in [0.15, 0.2) is 11.2 Å². The van der Waals surface area contributed by atoms with Crippen LogP contribution >= 0.6 is 11.8 Å². The number of hydrogen-bond acceptors (Lipinski definition) is 6. The number of amides is 1. The molecular formula is C16H26N4O2S. The highest BCUT2D eigenvalue weighted by Crippen LogP contribution is 2.19. The van der Waals surface area contributed by atoms with Gasteiger partial charge in [-0.05, 0) is 40.4 Å². The summed E-state index contributed by atoms with van der Waals surface area (Å²) in [7, 11) is 0. The van der Waals surface area contributed by atoms with Crippen molar-refractivity contribution < 1.29 is 9.53 Å². The molecule has 128 valence electrons. The lowest BCUT2D eigenvalue weighted by molar-refractivity contribution is 0.0263. The molecule has 0 spiro atoms. The van der Waals surface area contributed by atoms with Crippen LogP contribution in [0.25, 0.3) is 0 Å². The van der Waals surface area contributed by atoms with Gasteiger partial charge in [0.1, 0.15) is 11.4 Å². The lowest BCUT2D eigenvalue weighted by Gasteiger charge is -2.26. The van der Waals surface area contributed by atoms with Gasteiger partial charge in [-0.25, -0.2) is 14.8 Å². The number of rotatable bonds is 2. The van der Waals surface area contributed by atoms with Gasteiger partial charge in [-0.3, -0.25) is 0 Å². The quantitative estimate of drug-likeness (QED) is 0.610. The average Bonchev–Trinajstić information content (AvgIpc) is 2.70. The van der Waals surface area contributed by atoms with Gasteiger partial charge in [0.2, 0.25) is 0 Å². The highest BCUT2D eigenvalue weighted by molar-refractivity contribution is 7.98. The third-order valence-corrected chi connectivity index (χ3v) is 4.02. The fraction of sp³-hybridized carbons (Fsp3) is 0.688. The fourth-order valence-electron chi connectivity index (χ4n) is 2.43. The van der Waals surface area contributed by atoms with Crippen molar-refractivity contribution in [3.05, 3.63) is 11.8 Å². The molecular weight excluding hydrogens is 312 g/mol. The molecule has 1 aromatic heterocycles. The first-order valence-corrected chi connectivity index (χ1v) is 9.13. The van der Waals surface area contributed by atoms with Crippen molar-refractivity contribution in [3.8, 4) is 0 Å². The Morgan fingerprint density at radius 1 is 1.22 bits per heavy atom. The van der Waals surface area contributed by atoms with Crippen molar-refractivity contribution >= 4 is 23.7 Å². The van der Waals surface area contributed by atoms with Crippen molar-refractivity contribution in [2.75, 3.05) is 37.3 Å². The molecule has 23 heavy (non-hydrogen) atoms. The van der Waals surface area contributed by atoms with Crippen LogP contribution in [-0.4, -0.2) is 59.0 Å². The molecule has 0 saturated carbocycles. The van der Waals surface area contributed by atoms with Gasteiger partial charge >= 0.3 is 6.09 Å². The highest BCUT2D eigenvalue weighted by Gasteiger charge is 2.25. The predicted molar refractivity (Wildman–Crippen MR) is 93.2 cm³/mol. The minimum Gasteiger partial charge on any atom is -0.444 e. The van der Waals surface area contributed by atoms with E-state index in [0.717, 1.165) is 36.2 Å². The maximum Gasteiger partial charge on any atom is 0.410 e. The summed E-state index contributed by atoms with van der Waals surface area (Å²) in [5, 5.41) is 0.785. The third kappa shape index (κ3) is 5.27. The summed E-state index contributed by atoms with van der Waals surface area (Å²) in [5.41, 5.74) is 0.507. The van der Waals surface area contributed by atoms with E-state index in [0.29, 0.717) is 13.1 Å². The summed E-state index contributed by atoms with van der Waals surface area (Å²) >= 11 is 1.54. The second kappa shape index (κ2) is 7.38. The second-order valence-corrected chi connectivity index (χ2v) is 7.44. The molecule has 6 nitrogen and oxygen atoms in total. The SMILES string of the molecule is CSc1nc(C)cc(N2CCCN(C(=O)OC(C)(C)C)CC2)n1. The first-order valence-electron chi connectivity index (χ1n) is 7.91. The standard InChI is InChI=1S/C16H26N4O2S/c1-12-11-13(18-14(17-12)23-5)19-7-6-8-20(10-9-19)15(21)22-16(2,3)4/h11H,6-10H2,1-5H3. The van der Waals surface area contributed by atoms with Crippen LogP contribution in [0.4, 0.5) is 10.6 Å². The summed E-state index contributed by atoms with van der Waals surface area (Å²) in [6.45, 7) is 10.6. The Balaban J connectivity index is 2.04. The Hall–Kier alpha value is -1.50. The van der Waals surface area contributed by atoms with Gasteiger partial charge in [0.25, 0.3) is 0 Å². The number of aryl methyl sites for hydroxylation is 1. The van der Waals surface area contributed by atoms with Gasteiger partial charge in [0, 0.05) is 37.9 Å². The van der Waals surface area contributed by atoms with E-state index in [9.17, 15) is 4.79 Å². The molecule has 0 atom stereocenters. The summed E-state index contributed by atoms with van der Waals surface area (Å²) in [5.74, 6) is 0.938. The van der Waals surface area contributed by atoms with Crippen molar-refractivity contribution in [1.82, 2.24) is 14.9 Å². The molecule has 0 unspecified atom stereocenters. The van der Waals surface area contributed by atoms with E-state index in [-0.39, 0.29) is 6.09 Å². The van der Waals surface area contributed by atoms with Gasteiger partial charge in [-0.15, -0.1) is 0 Å². The van der Waals surface area contributed by atoms with Gasteiger partial charge in [0.05, 0.1) is 0 Å². The number of carbonyl (C=O) groups excluding carboxylic acids is 1. The van der Waals surface area contributed by atoms with E-state index in [1.54, 1.807) is 16.7 Å². The zero-order valence-corrected chi connectivity index (χ0v) is 15.4. The zero-order chi connectivity index (χ0) is 17.0. The van der Waals surface area contributed by atoms with Crippen LogP contribution in [0.1, 0.15) is 32.9 Å². The number of nitrogens with zero attached hydrogens (tertiary/aromatic N) is 4. The molecule has 0 bridgehead atoms. The Bertz CT molecular complexity index is 560. The van der Waals surface area contributed by atoms with E-state index in [1.807, 2.05) is 40.0 Å². The minimum absolute atomic E-state index is 0.233. The molecule has 1 saturated heterocycles. The lowest BCUT2D eigenvalue weighted by atomic mass is 10.2. The van der Waals surface area contributed by atoms with Crippen LogP contribution in [0, 0.1) is 6.92 Å². The topological polar surface area (TPSA) is 58.6 Å². The van der Waals surface area contributed by atoms with Crippen molar-refractivity contribution in [1.29, 1.82) is 0 Å². The van der Waals surface area contributed by atoms with E-state index in [1.165, 1.54) is 0 Å². The number of thioether (sulfide) groups is 1. The van der Waals surface area contributed by atoms with Crippen molar-refractivity contribution in [3.63, 3.8) is 0 Å². The summed E-state index contributed by atoms with van der Waals surface area (Å²) in [4.78, 5) is 25.2. The summed E-state index contributed by atoms with van der Waals surface area (Å²) in [6, 6.07) is 2.00. The minimum atomic E-state index is -0.458. The normalized spacial score (nSPS) is 16.2. The first kappa shape index (κ1) is 17.8. The van der Waals surface area contributed by atoms with Crippen LogP contribution in [0.2, 0.25) is 0 Å². The number of carbonyl (C=O) groups is 1. The molecule has 0 aromatic carbocycles.